The summed E-state index contributed by atoms with van der Waals surface area (Å²) >= 11 is 1.77. The zero-order valence-corrected chi connectivity index (χ0v) is 15.5. The van der Waals surface area contributed by atoms with Crippen molar-refractivity contribution in [1.82, 2.24) is 10.6 Å². The summed E-state index contributed by atoms with van der Waals surface area (Å²) in [7, 11) is 0. The number of carbonyl (C=O) groups is 2. The van der Waals surface area contributed by atoms with Crippen molar-refractivity contribution in [1.29, 1.82) is 0 Å². The van der Waals surface area contributed by atoms with Gasteiger partial charge in [0.15, 0.2) is 0 Å². The lowest BCUT2D eigenvalue weighted by Crippen LogP contribution is -2.49. The van der Waals surface area contributed by atoms with Crippen molar-refractivity contribution < 1.29 is 9.59 Å². The van der Waals surface area contributed by atoms with Crippen LogP contribution in [0.15, 0.2) is 17.5 Å². The van der Waals surface area contributed by atoms with Gasteiger partial charge in [0, 0.05) is 16.8 Å². The van der Waals surface area contributed by atoms with Gasteiger partial charge in [0.1, 0.15) is 0 Å². The van der Waals surface area contributed by atoms with E-state index in [1.54, 1.807) is 11.3 Å². The molecule has 0 saturated heterocycles. The maximum absolute atomic E-state index is 12.1. The second kappa shape index (κ2) is 8.62. The number of hydrogen-bond donors (Lipinski definition) is 3. The Bertz CT molecular complexity index is 536. The first-order valence-corrected chi connectivity index (χ1v) is 9.66. The zero-order valence-electron chi connectivity index (χ0n) is 14.6. The average molecular weight is 352 g/mol. The van der Waals surface area contributed by atoms with Gasteiger partial charge in [0.25, 0.3) is 0 Å². The lowest BCUT2D eigenvalue weighted by atomic mass is 9.73. The monoisotopic (exact) mass is 351 g/mol. The molecule has 0 spiro atoms. The van der Waals surface area contributed by atoms with E-state index in [0.717, 1.165) is 12.8 Å². The van der Waals surface area contributed by atoms with Crippen molar-refractivity contribution in [3.05, 3.63) is 22.4 Å². The van der Waals surface area contributed by atoms with E-state index in [9.17, 15) is 9.59 Å². The van der Waals surface area contributed by atoms with Gasteiger partial charge in [-0.2, -0.15) is 0 Å². The number of rotatable bonds is 7. The molecule has 1 atom stereocenters. The second-order valence-electron chi connectivity index (χ2n) is 7.08. The lowest BCUT2D eigenvalue weighted by molar-refractivity contribution is -0.127. The molecule has 0 radical (unpaired) electrons. The third-order valence-electron chi connectivity index (χ3n) is 4.92. The Hall–Kier alpha value is -1.40. The van der Waals surface area contributed by atoms with Gasteiger partial charge in [0.2, 0.25) is 11.8 Å². The molecule has 1 aliphatic rings. The van der Waals surface area contributed by atoms with E-state index in [-0.39, 0.29) is 29.7 Å². The van der Waals surface area contributed by atoms with E-state index < -0.39 is 6.04 Å². The maximum Gasteiger partial charge on any atom is 0.239 e. The lowest BCUT2D eigenvalue weighted by Gasteiger charge is -2.36. The fourth-order valence-corrected chi connectivity index (χ4v) is 4.22. The highest BCUT2D eigenvalue weighted by molar-refractivity contribution is 7.10. The first kappa shape index (κ1) is 18.9. The van der Waals surface area contributed by atoms with E-state index >= 15 is 0 Å². The van der Waals surface area contributed by atoms with Gasteiger partial charge in [-0.1, -0.05) is 39.2 Å². The molecule has 2 rings (SSSR count). The summed E-state index contributed by atoms with van der Waals surface area (Å²) < 4.78 is 0. The number of carbonyl (C=O) groups excluding carboxylic acids is 2. The Balaban J connectivity index is 1.86. The number of amides is 2. The third kappa shape index (κ3) is 4.80. The van der Waals surface area contributed by atoms with Gasteiger partial charge < -0.3 is 16.4 Å². The number of thiophene rings is 1. The molecule has 6 heteroatoms. The molecule has 1 aliphatic carbocycles. The minimum Gasteiger partial charge on any atom is -0.354 e. The molecule has 134 valence electrons. The highest BCUT2D eigenvalue weighted by Crippen LogP contribution is 2.40. The second-order valence-corrected chi connectivity index (χ2v) is 8.03. The predicted molar refractivity (Wildman–Crippen MR) is 97.9 cm³/mol. The molecule has 0 bridgehead atoms. The van der Waals surface area contributed by atoms with E-state index in [0.29, 0.717) is 6.54 Å². The van der Waals surface area contributed by atoms with Gasteiger partial charge in [-0.15, -0.1) is 11.3 Å². The minimum absolute atomic E-state index is 0.0141. The van der Waals surface area contributed by atoms with Crippen LogP contribution in [0.1, 0.15) is 50.8 Å². The summed E-state index contributed by atoms with van der Waals surface area (Å²) in [4.78, 5) is 25.3. The minimum atomic E-state index is -0.575. The van der Waals surface area contributed by atoms with Crippen LogP contribution in [-0.2, 0) is 15.0 Å². The summed E-state index contributed by atoms with van der Waals surface area (Å²) in [6.07, 6.45) is 5.89. The molecule has 24 heavy (non-hydrogen) atoms. The van der Waals surface area contributed by atoms with Crippen molar-refractivity contribution in [3.8, 4) is 0 Å². The van der Waals surface area contributed by atoms with Crippen molar-refractivity contribution in [2.24, 2.45) is 11.7 Å². The summed E-state index contributed by atoms with van der Waals surface area (Å²) in [6, 6.07) is 3.67. The number of hydrogen-bond acceptors (Lipinski definition) is 4. The summed E-state index contributed by atoms with van der Waals surface area (Å²) in [5.74, 6) is -0.371. The van der Waals surface area contributed by atoms with Crippen LogP contribution in [0.4, 0.5) is 0 Å². The van der Waals surface area contributed by atoms with Gasteiger partial charge >= 0.3 is 0 Å². The van der Waals surface area contributed by atoms with Crippen LogP contribution in [0.5, 0.6) is 0 Å². The molecular formula is C18H29N3O2S. The van der Waals surface area contributed by atoms with Gasteiger partial charge in [-0.25, -0.2) is 0 Å². The molecule has 1 aromatic heterocycles. The fraction of sp³-hybridized carbons (Fsp3) is 0.667. The molecule has 5 nitrogen and oxygen atoms in total. The van der Waals surface area contributed by atoms with Crippen LogP contribution >= 0.6 is 11.3 Å². The summed E-state index contributed by atoms with van der Waals surface area (Å²) in [6.45, 7) is 4.40. The van der Waals surface area contributed by atoms with Crippen LogP contribution in [0.3, 0.4) is 0 Å². The van der Waals surface area contributed by atoms with Gasteiger partial charge in [-0.05, 0) is 30.2 Å². The van der Waals surface area contributed by atoms with Crippen LogP contribution in [0, 0.1) is 5.92 Å². The summed E-state index contributed by atoms with van der Waals surface area (Å²) in [5.41, 5.74) is 5.84. The smallest absolute Gasteiger partial charge is 0.239 e. The van der Waals surface area contributed by atoms with E-state index in [1.807, 2.05) is 13.8 Å². The normalized spacial score (nSPS) is 18.2. The number of nitrogens with two attached hydrogens (primary N) is 1. The van der Waals surface area contributed by atoms with Gasteiger partial charge in [0.05, 0.1) is 12.6 Å². The van der Waals surface area contributed by atoms with Crippen molar-refractivity contribution in [2.75, 3.05) is 13.1 Å². The van der Waals surface area contributed by atoms with E-state index in [2.05, 4.69) is 28.1 Å². The van der Waals surface area contributed by atoms with Crippen LogP contribution in [0.25, 0.3) is 0 Å². The first-order valence-electron chi connectivity index (χ1n) is 8.78. The molecule has 0 aliphatic heterocycles. The van der Waals surface area contributed by atoms with Crippen LogP contribution < -0.4 is 16.4 Å². The SMILES string of the molecule is CC(C)[C@H](N)C(=O)NCC(=O)NCC1(c2cccs2)CCCCC1. The average Bonchev–Trinajstić information content (AvgIpc) is 3.13. The molecule has 1 saturated carbocycles. The highest BCUT2D eigenvalue weighted by atomic mass is 32.1. The maximum atomic E-state index is 12.1. The van der Waals surface area contributed by atoms with Crippen LogP contribution in [0.2, 0.25) is 0 Å². The zero-order chi connectivity index (χ0) is 17.6. The fourth-order valence-electron chi connectivity index (χ4n) is 3.24. The Kier molecular flexibility index (Phi) is 6.80. The van der Waals surface area contributed by atoms with Crippen molar-refractivity contribution >= 4 is 23.2 Å². The standard InChI is InChI=1S/C18H29N3O2S/c1-13(2)16(19)17(23)20-11-15(22)21-12-18(8-4-3-5-9-18)14-7-6-10-24-14/h6-7,10,13,16H,3-5,8-9,11-12,19H2,1-2H3,(H,20,23)(H,21,22)/t16-/m0/s1. The molecule has 2 amide bonds. The molecule has 0 aromatic carbocycles. The predicted octanol–water partition coefficient (Wildman–Crippen LogP) is 2.17. The third-order valence-corrected chi connectivity index (χ3v) is 6.04. The highest BCUT2D eigenvalue weighted by Gasteiger charge is 2.35. The Labute approximate surface area is 148 Å². The topological polar surface area (TPSA) is 84.2 Å². The molecule has 4 N–H and O–H groups in total. The Morgan fingerprint density at radius 1 is 1.25 bits per heavy atom. The number of nitrogens with one attached hydrogen (secondary N) is 2. The molecule has 1 heterocycles. The summed E-state index contributed by atoms with van der Waals surface area (Å²) in [5, 5.41) is 7.74. The first-order chi connectivity index (χ1) is 11.4. The molecule has 1 fully saturated rings. The van der Waals surface area contributed by atoms with Crippen molar-refractivity contribution in [2.45, 2.75) is 57.4 Å². The van der Waals surface area contributed by atoms with E-state index in [1.165, 1.54) is 24.1 Å². The van der Waals surface area contributed by atoms with E-state index in [4.69, 9.17) is 5.73 Å². The largest absolute Gasteiger partial charge is 0.354 e. The molecule has 1 aromatic rings. The quantitative estimate of drug-likeness (QED) is 0.704. The Morgan fingerprint density at radius 2 is 1.96 bits per heavy atom. The van der Waals surface area contributed by atoms with Crippen LogP contribution in [-0.4, -0.2) is 30.9 Å². The molecular weight excluding hydrogens is 322 g/mol. The Morgan fingerprint density at radius 3 is 2.54 bits per heavy atom. The molecule has 0 unspecified atom stereocenters. The van der Waals surface area contributed by atoms with Crippen molar-refractivity contribution in [3.63, 3.8) is 0 Å². The van der Waals surface area contributed by atoms with Gasteiger partial charge in [-0.3, -0.25) is 9.59 Å².